The van der Waals surface area contributed by atoms with Crippen LogP contribution in [0.2, 0.25) is 0 Å². The van der Waals surface area contributed by atoms with Crippen LogP contribution < -0.4 is 10.5 Å². The fourth-order valence-electron chi connectivity index (χ4n) is 2.15. The number of rotatable bonds is 6. The summed E-state index contributed by atoms with van der Waals surface area (Å²) < 4.78 is 26.9. The second-order valence-electron chi connectivity index (χ2n) is 5.11. The summed E-state index contributed by atoms with van der Waals surface area (Å²) in [5.41, 5.74) is 8.20. The fraction of sp³-hybridized carbons (Fsp3) is 0.250. The SMILES string of the molecule is CC(CS(=O)(=O)NCc1ccccc1N)c1ccccc1. The molecule has 0 heterocycles. The lowest BCUT2D eigenvalue weighted by Gasteiger charge is -2.13. The smallest absolute Gasteiger partial charge is 0.212 e. The molecule has 112 valence electrons. The zero-order valence-corrected chi connectivity index (χ0v) is 12.8. The number of hydrogen-bond acceptors (Lipinski definition) is 3. The molecule has 0 aromatic heterocycles. The fourth-order valence-corrected chi connectivity index (χ4v) is 3.49. The predicted molar refractivity (Wildman–Crippen MR) is 86.3 cm³/mol. The van der Waals surface area contributed by atoms with E-state index in [4.69, 9.17) is 5.73 Å². The lowest BCUT2D eigenvalue weighted by molar-refractivity contribution is 0.576. The van der Waals surface area contributed by atoms with Gasteiger partial charge < -0.3 is 5.73 Å². The van der Waals surface area contributed by atoms with Crippen molar-refractivity contribution in [2.75, 3.05) is 11.5 Å². The van der Waals surface area contributed by atoms with Crippen molar-refractivity contribution in [2.45, 2.75) is 19.4 Å². The van der Waals surface area contributed by atoms with Crippen LogP contribution in [0.5, 0.6) is 0 Å². The summed E-state index contributed by atoms with van der Waals surface area (Å²) in [6.45, 7) is 2.13. The van der Waals surface area contributed by atoms with Crippen LogP contribution in [-0.2, 0) is 16.6 Å². The second-order valence-corrected chi connectivity index (χ2v) is 6.96. The molecule has 0 saturated heterocycles. The molecule has 0 aliphatic carbocycles. The molecule has 0 fully saturated rings. The van der Waals surface area contributed by atoms with E-state index < -0.39 is 10.0 Å². The van der Waals surface area contributed by atoms with Gasteiger partial charge in [-0.2, -0.15) is 0 Å². The first kappa shape index (κ1) is 15.5. The highest BCUT2D eigenvalue weighted by Crippen LogP contribution is 2.17. The molecule has 0 radical (unpaired) electrons. The molecule has 2 rings (SSSR count). The van der Waals surface area contributed by atoms with Crippen molar-refractivity contribution in [2.24, 2.45) is 0 Å². The van der Waals surface area contributed by atoms with E-state index in [0.717, 1.165) is 11.1 Å². The highest BCUT2D eigenvalue weighted by molar-refractivity contribution is 7.89. The maximum absolute atomic E-state index is 12.1. The van der Waals surface area contributed by atoms with Gasteiger partial charge in [-0.3, -0.25) is 0 Å². The van der Waals surface area contributed by atoms with E-state index in [0.29, 0.717) is 5.69 Å². The Hall–Kier alpha value is -1.85. The summed E-state index contributed by atoms with van der Waals surface area (Å²) in [6, 6.07) is 16.9. The van der Waals surface area contributed by atoms with Crippen molar-refractivity contribution in [3.63, 3.8) is 0 Å². The van der Waals surface area contributed by atoms with Crippen molar-refractivity contribution in [1.82, 2.24) is 4.72 Å². The molecule has 1 atom stereocenters. The Morgan fingerprint density at radius 1 is 1.05 bits per heavy atom. The Morgan fingerprint density at radius 2 is 1.67 bits per heavy atom. The lowest BCUT2D eigenvalue weighted by atomic mass is 10.0. The summed E-state index contributed by atoms with van der Waals surface area (Å²) in [6.07, 6.45) is 0. The molecule has 2 aromatic carbocycles. The van der Waals surface area contributed by atoms with E-state index in [-0.39, 0.29) is 18.2 Å². The Morgan fingerprint density at radius 3 is 2.33 bits per heavy atom. The van der Waals surface area contributed by atoms with Gasteiger partial charge in [0.15, 0.2) is 0 Å². The highest BCUT2D eigenvalue weighted by atomic mass is 32.2. The molecule has 0 spiro atoms. The highest BCUT2D eigenvalue weighted by Gasteiger charge is 2.17. The topological polar surface area (TPSA) is 72.2 Å². The summed E-state index contributed by atoms with van der Waals surface area (Å²) in [7, 11) is -3.35. The minimum atomic E-state index is -3.35. The zero-order valence-electron chi connectivity index (χ0n) is 12.0. The summed E-state index contributed by atoms with van der Waals surface area (Å²) in [5.74, 6) is 0.000778. The van der Waals surface area contributed by atoms with Gasteiger partial charge in [-0.15, -0.1) is 0 Å². The van der Waals surface area contributed by atoms with E-state index in [1.807, 2.05) is 55.5 Å². The number of hydrogen-bond donors (Lipinski definition) is 2. The van der Waals surface area contributed by atoms with Crippen LogP contribution in [-0.4, -0.2) is 14.2 Å². The van der Waals surface area contributed by atoms with Crippen LogP contribution in [0.4, 0.5) is 5.69 Å². The molecule has 21 heavy (non-hydrogen) atoms. The molecule has 0 bridgehead atoms. The number of nitrogens with two attached hydrogens (primary N) is 1. The number of para-hydroxylation sites is 1. The Kier molecular flexibility index (Phi) is 4.98. The summed E-state index contributed by atoms with van der Waals surface area (Å²) >= 11 is 0. The molecule has 3 N–H and O–H groups in total. The minimum Gasteiger partial charge on any atom is -0.398 e. The zero-order chi connectivity index (χ0) is 15.3. The number of nitrogen functional groups attached to an aromatic ring is 1. The molecular formula is C16H20N2O2S. The van der Waals surface area contributed by atoms with Gasteiger partial charge in [0.25, 0.3) is 0 Å². The van der Waals surface area contributed by atoms with E-state index >= 15 is 0 Å². The number of anilines is 1. The summed E-state index contributed by atoms with van der Waals surface area (Å²) in [4.78, 5) is 0. The molecule has 0 aliphatic rings. The number of benzene rings is 2. The number of sulfonamides is 1. The van der Waals surface area contributed by atoms with Crippen LogP contribution in [0.15, 0.2) is 54.6 Å². The molecule has 0 aliphatic heterocycles. The Bertz CT molecular complexity index is 684. The average Bonchev–Trinajstić information content (AvgIpc) is 2.47. The van der Waals surface area contributed by atoms with Gasteiger partial charge in [-0.1, -0.05) is 55.5 Å². The minimum absolute atomic E-state index is 0.0585. The molecule has 5 heteroatoms. The maximum Gasteiger partial charge on any atom is 0.212 e. The van der Waals surface area contributed by atoms with Crippen molar-refractivity contribution < 1.29 is 8.42 Å². The Balaban J connectivity index is 1.98. The van der Waals surface area contributed by atoms with Crippen molar-refractivity contribution in [3.05, 3.63) is 65.7 Å². The third kappa shape index (κ3) is 4.58. The molecule has 1 unspecified atom stereocenters. The third-order valence-corrected chi connectivity index (χ3v) is 4.90. The van der Waals surface area contributed by atoms with Crippen molar-refractivity contribution in [3.8, 4) is 0 Å². The van der Waals surface area contributed by atoms with Gasteiger partial charge in [0.2, 0.25) is 10.0 Å². The largest absolute Gasteiger partial charge is 0.398 e. The van der Waals surface area contributed by atoms with E-state index in [1.54, 1.807) is 6.07 Å². The molecule has 2 aromatic rings. The predicted octanol–water partition coefficient (Wildman–Crippen LogP) is 2.49. The first-order valence-electron chi connectivity index (χ1n) is 6.83. The van der Waals surface area contributed by atoms with Crippen LogP contribution in [0, 0.1) is 0 Å². The van der Waals surface area contributed by atoms with Gasteiger partial charge in [0.1, 0.15) is 0 Å². The summed E-state index contributed by atoms with van der Waals surface area (Å²) in [5, 5.41) is 0. The van der Waals surface area contributed by atoms with E-state index in [1.165, 1.54) is 0 Å². The van der Waals surface area contributed by atoms with Crippen molar-refractivity contribution >= 4 is 15.7 Å². The van der Waals surface area contributed by atoms with Crippen molar-refractivity contribution in [1.29, 1.82) is 0 Å². The molecular weight excluding hydrogens is 284 g/mol. The van der Waals surface area contributed by atoms with Crippen LogP contribution in [0.25, 0.3) is 0 Å². The van der Waals surface area contributed by atoms with Crippen LogP contribution in [0.1, 0.15) is 24.0 Å². The van der Waals surface area contributed by atoms with E-state index in [9.17, 15) is 8.42 Å². The van der Waals surface area contributed by atoms with Gasteiger partial charge >= 0.3 is 0 Å². The monoisotopic (exact) mass is 304 g/mol. The molecule has 0 amide bonds. The molecule has 4 nitrogen and oxygen atoms in total. The van der Waals surface area contributed by atoms with Gasteiger partial charge in [-0.25, -0.2) is 13.1 Å². The van der Waals surface area contributed by atoms with Gasteiger partial charge in [0.05, 0.1) is 5.75 Å². The number of nitrogens with one attached hydrogen (secondary N) is 1. The van der Waals surface area contributed by atoms with Crippen LogP contribution in [0.3, 0.4) is 0 Å². The Labute approximate surface area is 126 Å². The lowest BCUT2D eigenvalue weighted by Crippen LogP contribution is -2.28. The first-order chi connectivity index (χ1) is 9.98. The first-order valence-corrected chi connectivity index (χ1v) is 8.49. The standard InChI is InChI=1S/C16H20N2O2S/c1-13(14-7-3-2-4-8-14)12-21(19,20)18-11-15-9-5-6-10-16(15)17/h2-10,13,18H,11-12,17H2,1H3. The van der Waals surface area contributed by atoms with E-state index in [2.05, 4.69) is 4.72 Å². The van der Waals surface area contributed by atoms with Gasteiger partial charge in [0, 0.05) is 12.2 Å². The van der Waals surface area contributed by atoms with Gasteiger partial charge in [-0.05, 0) is 23.1 Å². The third-order valence-electron chi connectivity index (χ3n) is 3.38. The normalized spacial score (nSPS) is 13.0. The quantitative estimate of drug-likeness (QED) is 0.805. The maximum atomic E-state index is 12.1. The van der Waals surface area contributed by atoms with Crippen LogP contribution >= 0.6 is 0 Å². The average molecular weight is 304 g/mol. The second kappa shape index (κ2) is 6.74. The molecule has 0 saturated carbocycles.